The summed E-state index contributed by atoms with van der Waals surface area (Å²) in [5.74, 6) is 0.362. The molecule has 2 fully saturated rings. The Hall–Kier alpha value is -0.610. The normalized spacial score (nSPS) is 24.6. The summed E-state index contributed by atoms with van der Waals surface area (Å²) in [6.45, 7) is 3.06. The van der Waals surface area contributed by atoms with Gasteiger partial charge < -0.3 is 15.1 Å². The van der Waals surface area contributed by atoms with Crippen molar-refractivity contribution in [3.8, 4) is 0 Å². The van der Waals surface area contributed by atoms with Crippen molar-refractivity contribution in [2.75, 3.05) is 40.8 Å². The van der Waals surface area contributed by atoms with Crippen molar-refractivity contribution in [3.63, 3.8) is 0 Å². The largest absolute Gasteiger partial charge is 0.342 e. The quantitative estimate of drug-likeness (QED) is 0.778. The second kappa shape index (κ2) is 4.94. The van der Waals surface area contributed by atoms with Crippen LogP contribution in [0.1, 0.15) is 25.7 Å². The van der Waals surface area contributed by atoms with Gasteiger partial charge in [-0.2, -0.15) is 0 Å². The standard InChI is InChI=1S/C13H25N3O/c1-14-10-13(6-7-13)12(17)16(3)11-4-8-15(2)9-5-11/h11,14H,4-10H2,1-3H3. The monoisotopic (exact) mass is 239 g/mol. The van der Waals surface area contributed by atoms with Crippen LogP contribution in [0.15, 0.2) is 0 Å². The van der Waals surface area contributed by atoms with Crippen molar-refractivity contribution in [2.45, 2.75) is 31.7 Å². The van der Waals surface area contributed by atoms with Crippen molar-refractivity contribution in [2.24, 2.45) is 5.41 Å². The molecule has 1 amide bonds. The summed E-state index contributed by atoms with van der Waals surface area (Å²) in [5.41, 5.74) is -0.0626. The number of hydrogen-bond acceptors (Lipinski definition) is 3. The zero-order valence-electron chi connectivity index (χ0n) is 11.3. The lowest BCUT2D eigenvalue weighted by Crippen LogP contribution is -2.48. The van der Waals surface area contributed by atoms with Crippen LogP contribution in [0.3, 0.4) is 0 Å². The number of carbonyl (C=O) groups excluding carboxylic acids is 1. The Morgan fingerprint density at radius 1 is 1.41 bits per heavy atom. The lowest BCUT2D eigenvalue weighted by molar-refractivity contribution is -0.138. The maximum absolute atomic E-state index is 12.5. The molecule has 1 saturated carbocycles. The molecule has 0 unspecified atom stereocenters. The van der Waals surface area contributed by atoms with Crippen LogP contribution in [0.2, 0.25) is 0 Å². The highest BCUT2D eigenvalue weighted by atomic mass is 16.2. The number of amides is 1. The first-order valence-corrected chi connectivity index (χ1v) is 6.69. The zero-order valence-corrected chi connectivity index (χ0v) is 11.3. The van der Waals surface area contributed by atoms with Gasteiger partial charge in [-0.1, -0.05) is 0 Å². The van der Waals surface area contributed by atoms with E-state index in [2.05, 4.69) is 17.3 Å². The van der Waals surface area contributed by atoms with Crippen LogP contribution < -0.4 is 5.32 Å². The zero-order chi connectivity index (χ0) is 12.5. The molecule has 0 aromatic heterocycles. The van der Waals surface area contributed by atoms with Gasteiger partial charge in [0.1, 0.15) is 0 Å². The molecular formula is C13H25N3O. The fourth-order valence-electron chi connectivity index (χ4n) is 2.88. The molecule has 98 valence electrons. The third-order valence-electron chi connectivity index (χ3n) is 4.38. The number of rotatable bonds is 4. The van der Waals surface area contributed by atoms with Gasteiger partial charge in [-0.25, -0.2) is 0 Å². The first-order valence-electron chi connectivity index (χ1n) is 6.69. The Kier molecular flexibility index (Phi) is 3.73. The highest BCUT2D eigenvalue weighted by molar-refractivity contribution is 5.85. The van der Waals surface area contributed by atoms with Crippen LogP contribution in [0, 0.1) is 5.41 Å². The molecule has 1 heterocycles. The van der Waals surface area contributed by atoms with Crippen LogP contribution in [0.5, 0.6) is 0 Å². The van der Waals surface area contributed by atoms with E-state index in [1.165, 1.54) is 0 Å². The van der Waals surface area contributed by atoms with Gasteiger partial charge in [-0.05, 0) is 52.9 Å². The third kappa shape index (κ3) is 2.63. The molecular weight excluding hydrogens is 214 g/mol. The minimum atomic E-state index is -0.0626. The lowest BCUT2D eigenvalue weighted by atomic mass is 10.00. The van der Waals surface area contributed by atoms with Crippen molar-refractivity contribution in [1.29, 1.82) is 0 Å². The van der Waals surface area contributed by atoms with E-state index in [1.54, 1.807) is 0 Å². The van der Waals surface area contributed by atoms with Gasteiger partial charge in [0.05, 0.1) is 5.41 Å². The molecule has 0 spiro atoms. The first kappa shape index (κ1) is 12.8. The van der Waals surface area contributed by atoms with Crippen molar-refractivity contribution >= 4 is 5.91 Å². The Bertz CT molecular complexity index is 280. The number of nitrogens with zero attached hydrogens (tertiary/aromatic N) is 2. The maximum atomic E-state index is 12.5. The van der Waals surface area contributed by atoms with E-state index in [9.17, 15) is 4.79 Å². The maximum Gasteiger partial charge on any atom is 0.230 e. The minimum absolute atomic E-state index is 0.0626. The van der Waals surface area contributed by atoms with Gasteiger partial charge >= 0.3 is 0 Å². The van der Waals surface area contributed by atoms with Crippen LogP contribution >= 0.6 is 0 Å². The number of piperidine rings is 1. The fraction of sp³-hybridized carbons (Fsp3) is 0.923. The summed E-state index contributed by atoms with van der Waals surface area (Å²) in [4.78, 5) is 16.8. The molecule has 1 aliphatic heterocycles. The number of nitrogens with one attached hydrogen (secondary N) is 1. The van der Waals surface area contributed by atoms with Crippen LogP contribution in [-0.2, 0) is 4.79 Å². The smallest absolute Gasteiger partial charge is 0.230 e. The van der Waals surface area contributed by atoms with Crippen LogP contribution in [0.25, 0.3) is 0 Å². The molecule has 4 heteroatoms. The van der Waals surface area contributed by atoms with Gasteiger partial charge in [0.2, 0.25) is 5.91 Å². The number of hydrogen-bond donors (Lipinski definition) is 1. The summed E-state index contributed by atoms with van der Waals surface area (Å²) < 4.78 is 0. The molecule has 1 saturated heterocycles. The van der Waals surface area contributed by atoms with Crippen LogP contribution in [-0.4, -0.2) is 62.5 Å². The van der Waals surface area contributed by atoms with Crippen molar-refractivity contribution in [3.05, 3.63) is 0 Å². The second-order valence-electron chi connectivity index (χ2n) is 5.76. The Balaban J connectivity index is 1.91. The van der Waals surface area contributed by atoms with E-state index in [0.29, 0.717) is 11.9 Å². The van der Waals surface area contributed by atoms with Gasteiger partial charge in [0.25, 0.3) is 0 Å². The molecule has 0 radical (unpaired) electrons. The van der Waals surface area contributed by atoms with Crippen molar-refractivity contribution < 1.29 is 4.79 Å². The molecule has 0 aromatic rings. The summed E-state index contributed by atoms with van der Waals surface area (Å²) in [6, 6.07) is 0.452. The summed E-state index contributed by atoms with van der Waals surface area (Å²) in [6.07, 6.45) is 4.36. The second-order valence-corrected chi connectivity index (χ2v) is 5.76. The highest BCUT2D eigenvalue weighted by Crippen LogP contribution is 2.46. The Morgan fingerprint density at radius 2 is 2.00 bits per heavy atom. The van der Waals surface area contributed by atoms with E-state index < -0.39 is 0 Å². The molecule has 0 bridgehead atoms. The number of likely N-dealkylation sites (tertiary alicyclic amines) is 1. The highest BCUT2D eigenvalue weighted by Gasteiger charge is 2.51. The molecule has 1 N–H and O–H groups in total. The van der Waals surface area contributed by atoms with Gasteiger partial charge in [-0.15, -0.1) is 0 Å². The molecule has 4 nitrogen and oxygen atoms in total. The Labute approximate surface area is 104 Å². The number of carbonyl (C=O) groups is 1. The van der Waals surface area contributed by atoms with E-state index >= 15 is 0 Å². The molecule has 2 aliphatic rings. The SMILES string of the molecule is CNCC1(C(=O)N(C)C2CCN(C)CC2)CC1. The van der Waals surface area contributed by atoms with E-state index in [0.717, 1.165) is 45.3 Å². The van der Waals surface area contributed by atoms with Gasteiger partial charge in [0.15, 0.2) is 0 Å². The minimum Gasteiger partial charge on any atom is -0.342 e. The van der Waals surface area contributed by atoms with Crippen LogP contribution in [0.4, 0.5) is 0 Å². The summed E-state index contributed by atoms with van der Waals surface area (Å²) in [7, 11) is 6.08. The predicted octanol–water partition coefficient (Wildman–Crippen LogP) is 0.539. The average molecular weight is 239 g/mol. The first-order chi connectivity index (χ1) is 8.09. The van der Waals surface area contributed by atoms with E-state index in [4.69, 9.17) is 0 Å². The topological polar surface area (TPSA) is 35.6 Å². The fourth-order valence-corrected chi connectivity index (χ4v) is 2.88. The van der Waals surface area contributed by atoms with Gasteiger partial charge in [0, 0.05) is 19.6 Å². The van der Waals surface area contributed by atoms with Gasteiger partial charge in [-0.3, -0.25) is 4.79 Å². The molecule has 0 aromatic carbocycles. The van der Waals surface area contributed by atoms with E-state index in [-0.39, 0.29) is 5.41 Å². The molecule has 0 atom stereocenters. The molecule has 2 rings (SSSR count). The predicted molar refractivity (Wildman–Crippen MR) is 68.9 cm³/mol. The third-order valence-corrected chi connectivity index (χ3v) is 4.38. The van der Waals surface area contributed by atoms with Crippen molar-refractivity contribution in [1.82, 2.24) is 15.1 Å². The molecule has 1 aliphatic carbocycles. The average Bonchev–Trinajstić information content (AvgIpc) is 3.10. The summed E-state index contributed by atoms with van der Waals surface area (Å²) >= 11 is 0. The van der Waals surface area contributed by atoms with E-state index in [1.807, 2.05) is 19.0 Å². The lowest BCUT2D eigenvalue weighted by Gasteiger charge is -2.36. The Morgan fingerprint density at radius 3 is 2.47 bits per heavy atom. The molecule has 17 heavy (non-hydrogen) atoms. The summed E-state index contributed by atoms with van der Waals surface area (Å²) in [5, 5.41) is 3.16.